The molecule has 152 valence electrons. The molecule has 5 rings (SSSR count). The topological polar surface area (TPSA) is 85.8 Å². The van der Waals surface area contributed by atoms with Gasteiger partial charge in [-0.2, -0.15) is 0 Å². The summed E-state index contributed by atoms with van der Waals surface area (Å²) in [5.74, 6) is -0.0204. The third-order valence-corrected chi connectivity index (χ3v) is 5.58. The molecular formula is C22H18ClN3O4. The van der Waals surface area contributed by atoms with Gasteiger partial charge < -0.3 is 18.8 Å². The molecule has 0 unspecified atom stereocenters. The third kappa shape index (κ3) is 3.41. The summed E-state index contributed by atoms with van der Waals surface area (Å²) in [7, 11) is 0. The second-order valence-corrected chi connectivity index (χ2v) is 7.97. The lowest BCUT2D eigenvalue weighted by Crippen LogP contribution is -2.19. The van der Waals surface area contributed by atoms with Gasteiger partial charge in [-0.05, 0) is 30.9 Å². The van der Waals surface area contributed by atoms with Gasteiger partial charge in [-0.25, -0.2) is 9.78 Å². The second-order valence-electron chi connectivity index (χ2n) is 7.56. The number of carboxylic acid groups (broad SMARTS) is 1. The van der Waals surface area contributed by atoms with E-state index in [9.17, 15) is 14.7 Å². The Morgan fingerprint density at radius 3 is 2.80 bits per heavy atom. The summed E-state index contributed by atoms with van der Waals surface area (Å²) < 4.78 is 9.39. The zero-order valence-corrected chi connectivity index (χ0v) is 16.7. The molecule has 8 heteroatoms. The zero-order valence-electron chi connectivity index (χ0n) is 15.9. The van der Waals surface area contributed by atoms with Crippen molar-refractivity contribution in [3.8, 4) is 5.75 Å². The molecule has 0 radical (unpaired) electrons. The molecule has 30 heavy (non-hydrogen) atoms. The normalized spacial score (nSPS) is 13.8. The number of hydrogen-bond acceptors (Lipinski definition) is 4. The van der Waals surface area contributed by atoms with Crippen molar-refractivity contribution < 1.29 is 14.6 Å². The summed E-state index contributed by atoms with van der Waals surface area (Å²) in [5, 5.41) is 10.3. The number of hydrogen-bond donors (Lipinski definition) is 1. The number of rotatable bonds is 6. The SMILES string of the molecule is O=C(O)c1cn(Cc2cn3cc(OCC4CC4)c(Cl)cc3n2)c2ccccc2c1=O. The predicted molar refractivity (Wildman–Crippen MR) is 113 cm³/mol. The fraction of sp³-hybridized carbons (Fsp3) is 0.227. The molecule has 0 atom stereocenters. The first-order valence-electron chi connectivity index (χ1n) is 9.65. The van der Waals surface area contributed by atoms with Crippen molar-refractivity contribution in [2.75, 3.05) is 6.61 Å². The predicted octanol–water partition coefficient (Wildman–Crippen LogP) is 3.84. The van der Waals surface area contributed by atoms with Gasteiger partial charge in [-0.1, -0.05) is 23.7 Å². The minimum atomic E-state index is -1.25. The van der Waals surface area contributed by atoms with E-state index in [1.165, 1.54) is 19.0 Å². The van der Waals surface area contributed by atoms with E-state index in [1.54, 1.807) is 28.8 Å². The Bertz CT molecular complexity index is 1350. The van der Waals surface area contributed by atoms with Crippen molar-refractivity contribution in [1.29, 1.82) is 0 Å². The quantitative estimate of drug-likeness (QED) is 0.509. The van der Waals surface area contributed by atoms with E-state index in [0.717, 1.165) is 0 Å². The maximum absolute atomic E-state index is 12.5. The Morgan fingerprint density at radius 2 is 2.03 bits per heavy atom. The Morgan fingerprint density at radius 1 is 1.23 bits per heavy atom. The molecule has 1 saturated carbocycles. The van der Waals surface area contributed by atoms with Crippen LogP contribution in [0.2, 0.25) is 5.02 Å². The lowest BCUT2D eigenvalue weighted by Gasteiger charge is -2.10. The molecule has 0 spiro atoms. The molecule has 3 heterocycles. The van der Waals surface area contributed by atoms with Crippen LogP contribution >= 0.6 is 11.6 Å². The molecule has 0 saturated heterocycles. The minimum Gasteiger partial charge on any atom is -0.490 e. The molecule has 4 aromatic rings. The van der Waals surface area contributed by atoms with E-state index in [-0.39, 0.29) is 5.56 Å². The van der Waals surface area contributed by atoms with E-state index >= 15 is 0 Å². The molecule has 1 fully saturated rings. The molecule has 1 aromatic carbocycles. The summed E-state index contributed by atoms with van der Waals surface area (Å²) in [4.78, 5) is 28.6. The van der Waals surface area contributed by atoms with E-state index < -0.39 is 11.4 Å². The van der Waals surface area contributed by atoms with Crippen molar-refractivity contribution in [3.63, 3.8) is 0 Å². The number of carboxylic acids is 1. The first-order chi connectivity index (χ1) is 14.5. The van der Waals surface area contributed by atoms with Gasteiger partial charge in [0.2, 0.25) is 5.43 Å². The van der Waals surface area contributed by atoms with Crippen LogP contribution in [0.5, 0.6) is 5.75 Å². The van der Waals surface area contributed by atoms with Gasteiger partial charge in [0.15, 0.2) is 5.75 Å². The molecule has 0 bridgehead atoms. The van der Waals surface area contributed by atoms with Gasteiger partial charge in [0.25, 0.3) is 0 Å². The summed E-state index contributed by atoms with van der Waals surface area (Å²) >= 11 is 6.34. The van der Waals surface area contributed by atoms with Crippen LogP contribution in [0.1, 0.15) is 28.9 Å². The maximum Gasteiger partial charge on any atom is 0.341 e. The van der Waals surface area contributed by atoms with Crippen molar-refractivity contribution in [2.24, 2.45) is 5.92 Å². The molecular weight excluding hydrogens is 406 g/mol. The number of halogens is 1. The van der Waals surface area contributed by atoms with Crippen molar-refractivity contribution in [3.05, 3.63) is 75.4 Å². The van der Waals surface area contributed by atoms with E-state index in [0.29, 0.717) is 52.1 Å². The maximum atomic E-state index is 12.5. The van der Waals surface area contributed by atoms with Gasteiger partial charge in [0.05, 0.1) is 35.6 Å². The number of aromatic nitrogens is 3. The summed E-state index contributed by atoms with van der Waals surface area (Å²) in [6, 6.07) is 8.70. The molecule has 0 aliphatic heterocycles. The second kappa shape index (κ2) is 7.18. The van der Waals surface area contributed by atoms with Gasteiger partial charge in [-0.3, -0.25) is 4.79 Å². The van der Waals surface area contributed by atoms with Crippen LogP contribution in [0.3, 0.4) is 0 Å². The van der Waals surface area contributed by atoms with Gasteiger partial charge >= 0.3 is 5.97 Å². The molecule has 1 aliphatic carbocycles. The molecule has 0 amide bonds. The summed E-state index contributed by atoms with van der Waals surface area (Å²) in [5.41, 5.74) is 1.26. The van der Waals surface area contributed by atoms with Crippen LogP contribution in [0.25, 0.3) is 16.6 Å². The average molecular weight is 424 g/mol. The number of ether oxygens (including phenoxy) is 1. The highest BCUT2D eigenvalue weighted by Crippen LogP contribution is 2.32. The minimum absolute atomic E-state index is 0.267. The average Bonchev–Trinajstić information content (AvgIpc) is 3.48. The number of fused-ring (bicyclic) bond motifs is 2. The van der Waals surface area contributed by atoms with Crippen LogP contribution in [-0.2, 0) is 6.54 Å². The first kappa shape index (κ1) is 18.7. The lowest BCUT2D eigenvalue weighted by molar-refractivity contribution is 0.0695. The fourth-order valence-corrected chi connectivity index (χ4v) is 3.72. The Kier molecular flexibility index (Phi) is 4.47. The molecule has 1 N–H and O–H groups in total. The number of aromatic carboxylic acids is 1. The lowest BCUT2D eigenvalue weighted by atomic mass is 10.1. The number of carbonyl (C=O) groups is 1. The largest absolute Gasteiger partial charge is 0.490 e. The highest BCUT2D eigenvalue weighted by atomic mass is 35.5. The first-order valence-corrected chi connectivity index (χ1v) is 10.0. The Labute approximate surface area is 176 Å². The van der Waals surface area contributed by atoms with Gasteiger partial charge in [0, 0.05) is 23.8 Å². The Balaban J connectivity index is 1.53. The fourth-order valence-electron chi connectivity index (χ4n) is 3.52. The highest BCUT2D eigenvalue weighted by Gasteiger charge is 2.22. The number of benzene rings is 1. The smallest absolute Gasteiger partial charge is 0.341 e. The van der Waals surface area contributed by atoms with E-state index in [1.807, 2.05) is 22.9 Å². The van der Waals surface area contributed by atoms with Crippen molar-refractivity contribution in [2.45, 2.75) is 19.4 Å². The zero-order chi connectivity index (χ0) is 20.8. The van der Waals surface area contributed by atoms with Crippen molar-refractivity contribution >= 4 is 34.1 Å². The standard InChI is InChI=1S/C22H18ClN3O4/c23-17-7-20-24-14(9-26(20)11-19(17)30-12-13-5-6-13)8-25-10-16(22(28)29)21(27)15-3-1-2-4-18(15)25/h1-4,7,9-11,13H,5-6,8,12H2,(H,28,29). The number of pyridine rings is 2. The van der Waals surface area contributed by atoms with Crippen LogP contribution in [0.15, 0.2) is 53.7 Å². The summed E-state index contributed by atoms with van der Waals surface area (Å²) in [6.07, 6.45) is 7.42. The number of imidazole rings is 1. The monoisotopic (exact) mass is 423 g/mol. The van der Waals surface area contributed by atoms with Gasteiger partial charge in [-0.15, -0.1) is 0 Å². The van der Waals surface area contributed by atoms with Crippen LogP contribution in [0, 0.1) is 5.92 Å². The van der Waals surface area contributed by atoms with Gasteiger partial charge in [0.1, 0.15) is 11.2 Å². The molecule has 7 nitrogen and oxygen atoms in total. The molecule has 3 aromatic heterocycles. The van der Waals surface area contributed by atoms with E-state index in [2.05, 4.69) is 4.98 Å². The van der Waals surface area contributed by atoms with Crippen molar-refractivity contribution in [1.82, 2.24) is 14.0 Å². The van der Waals surface area contributed by atoms with Crippen LogP contribution in [0.4, 0.5) is 0 Å². The van der Waals surface area contributed by atoms with E-state index in [4.69, 9.17) is 16.3 Å². The van der Waals surface area contributed by atoms with Crippen LogP contribution in [-0.4, -0.2) is 31.6 Å². The number of nitrogens with zero attached hydrogens (tertiary/aromatic N) is 3. The number of para-hydroxylation sites is 1. The molecule has 1 aliphatic rings. The third-order valence-electron chi connectivity index (χ3n) is 5.28. The van der Waals surface area contributed by atoms with Crippen LogP contribution < -0.4 is 10.2 Å². The summed E-state index contributed by atoms with van der Waals surface area (Å²) in [6.45, 7) is 0.965. The Hall–Kier alpha value is -3.32. The highest BCUT2D eigenvalue weighted by molar-refractivity contribution is 6.32.